The third-order valence-electron chi connectivity index (χ3n) is 2.81. The molecular weight excluding hydrogens is 332 g/mol. The van der Waals surface area contributed by atoms with Crippen LogP contribution in [0.25, 0.3) is 0 Å². The molecule has 106 valence electrons. The maximum absolute atomic E-state index is 14.0. The second-order valence-corrected chi connectivity index (χ2v) is 5.46. The molecule has 1 aromatic rings. The summed E-state index contributed by atoms with van der Waals surface area (Å²) in [6, 6.07) is 2.73. The number of halogens is 2. The van der Waals surface area contributed by atoms with Crippen LogP contribution in [0.4, 0.5) is 4.39 Å². The zero-order chi connectivity index (χ0) is 14.9. The van der Waals surface area contributed by atoms with Gasteiger partial charge in [0.2, 0.25) is 0 Å². The molecule has 1 aromatic carbocycles. The van der Waals surface area contributed by atoms with Crippen LogP contribution >= 0.6 is 15.9 Å². The molecule has 20 heavy (non-hydrogen) atoms. The summed E-state index contributed by atoms with van der Waals surface area (Å²) in [6.07, 6.45) is 0. The number of rotatable bonds is 1. The summed E-state index contributed by atoms with van der Waals surface area (Å²) in [4.78, 5) is 24.7. The Labute approximate surface area is 124 Å². The van der Waals surface area contributed by atoms with Crippen molar-refractivity contribution in [2.75, 3.05) is 20.1 Å². The second kappa shape index (κ2) is 5.93. The van der Waals surface area contributed by atoms with Gasteiger partial charge in [0.25, 0.3) is 0 Å². The first-order chi connectivity index (χ1) is 9.36. The average molecular weight is 344 g/mol. The molecule has 0 radical (unpaired) electrons. The Morgan fingerprint density at radius 2 is 1.80 bits per heavy atom. The third-order valence-corrected chi connectivity index (χ3v) is 3.66. The summed E-state index contributed by atoms with van der Waals surface area (Å²) >= 11 is 3.27. The van der Waals surface area contributed by atoms with Gasteiger partial charge in [-0.2, -0.15) is 0 Å². The van der Waals surface area contributed by atoms with Crippen LogP contribution in [0.15, 0.2) is 16.6 Å². The molecular formula is C12H12BBrFNO4. The zero-order valence-electron chi connectivity index (χ0n) is 11.0. The molecule has 0 unspecified atom stereocenters. The van der Waals surface area contributed by atoms with Gasteiger partial charge in [0, 0.05) is 9.94 Å². The fraction of sp³-hybridized carbons (Fsp3) is 0.333. The first-order valence-electron chi connectivity index (χ1n) is 5.90. The topological polar surface area (TPSA) is 55.8 Å². The molecule has 1 aliphatic rings. The van der Waals surface area contributed by atoms with E-state index in [2.05, 4.69) is 15.9 Å². The Bertz CT molecular complexity index is 549. The zero-order valence-corrected chi connectivity index (χ0v) is 12.6. The van der Waals surface area contributed by atoms with Gasteiger partial charge in [-0.05, 0) is 31.7 Å². The maximum Gasteiger partial charge on any atom is 0.639 e. The van der Waals surface area contributed by atoms with Gasteiger partial charge in [0.15, 0.2) is 0 Å². The van der Waals surface area contributed by atoms with E-state index in [0.717, 1.165) is 0 Å². The van der Waals surface area contributed by atoms with E-state index in [4.69, 9.17) is 9.31 Å². The number of likely N-dealkylation sites (N-methyl/N-ethyl adjacent to an activating group) is 1. The first-order valence-corrected chi connectivity index (χ1v) is 6.69. The van der Waals surface area contributed by atoms with Crippen LogP contribution in [-0.4, -0.2) is 44.1 Å². The molecule has 0 atom stereocenters. The standard InChI is InChI=1S/C12H12BBrFNO4/c1-7-3-10(15)8(4-9(7)14)13-19-11(17)5-16(2)6-12(18)20-13/h3-4H,5-6H2,1-2H3. The van der Waals surface area contributed by atoms with Gasteiger partial charge in [0.05, 0.1) is 13.1 Å². The molecule has 0 bridgehead atoms. The summed E-state index contributed by atoms with van der Waals surface area (Å²) in [5.74, 6) is -1.76. The Morgan fingerprint density at radius 1 is 1.25 bits per heavy atom. The summed E-state index contributed by atoms with van der Waals surface area (Å²) in [5, 5.41) is 0. The van der Waals surface area contributed by atoms with Gasteiger partial charge >= 0.3 is 19.1 Å². The van der Waals surface area contributed by atoms with Crippen molar-refractivity contribution in [3.63, 3.8) is 0 Å². The number of benzene rings is 1. The number of hydrogen-bond acceptors (Lipinski definition) is 5. The van der Waals surface area contributed by atoms with Crippen LogP contribution in [0.1, 0.15) is 5.56 Å². The van der Waals surface area contributed by atoms with E-state index < -0.39 is 24.9 Å². The molecule has 2 rings (SSSR count). The molecule has 1 fully saturated rings. The molecule has 8 heteroatoms. The number of nitrogens with zero attached hydrogens (tertiary/aromatic N) is 1. The van der Waals surface area contributed by atoms with E-state index >= 15 is 0 Å². The Kier molecular flexibility index (Phi) is 4.44. The van der Waals surface area contributed by atoms with Gasteiger partial charge < -0.3 is 9.31 Å². The Balaban J connectivity index is 2.32. The normalized spacial score (nSPS) is 17.3. The van der Waals surface area contributed by atoms with Crippen molar-refractivity contribution >= 4 is 40.4 Å². The van der Waals surface area contributed by atoms with Crippen molar-refractivity contribution in [2.24, 2.45) is 0 Å². The van der Waals surface area contributed by atoms with E-state index in [1.807, 2.05) is 0 Å². The van der Waals surface area contributed by atoms with Crippen molar-refractivity contribution in [1.82, 2.24) is 4.90 Å². The number of carbonyl (C=O) groups excluding carboxylic acids is 2. The highest BCUT2D eigenvalue weighted by Crippen LogP contribution is 2.16. The van der Waals surface area contributed by atoms with Crippen molar-refractivity contribution in [2.45, 2.75) is 6.92 Å². The summed E-state index contributed by atoms with van der Waals surface area (Å²) in [6.45, 7) is 1.61. The smallest absolute Gasteiger partial charge is 0.494 e. The number of carbonyl (C=O) groups is 2. The monoisotopic (exact) mass is 343 g/mol. The molecule has 1 saturated heterocycles. The summed E-state index contributed by atoms with van der Waals surface area (Å²) in [5.41, 5.74) is 0.697. The Hall–Kier alpha value is -1.41. The van der Waals surface area contributed by atoms with Crippen molar-refractivity contribution in [3.05, 3.63) is 28.0 Å². The largest absolute Gasteiger partial charge is 0.639 e. The highest BCUT2D eigenvalue weighted by Gasteiger charge is 2.36. The van der Waals surface area contributed by atoms with E-state index in [9.17, 15) is 14.0 Å². The lowest BCUT2D eigenvalue weighted by molar-refractivity contribution is -0.145. The predicted octanol–water partition coefficient (Wildman–Crippen LogP) is 0.624. The van der Waals surface area contributed by atoms with E-state index in [-0.39, 0.29) is 18.6 Å². The van der Waals surface area contributed by atoms with Crippen LogP contribution in [0, 0.1) is 12.7 Å². The van der Waals surface area contributed by atoms with Gasteiger partial charge in [-0.25, -0.2) is 4.39 Å². The molecule has 0 amide bonds. The molecule has 1 aliphatic heterocycles. The lowest BCUT2D eigenvalue weighted by Crippen LogP contribution is -2.48. The lowest BCUT2D eigenvalue weighted by atomic mass is 9.77. The van der Waals surface area contributed by atoms with Crippen molar-refractivity contribution < 1.29 is 23.3 Å². The minimum atomic E-state index is -1.36. The van der Waals surface area contributed by atoms with Gasteiger partial charge in [-0.1, -0.05) is 15.9 Å². The maximum atomic E-state index is 14.0. The minimum Gasteiger partial charge on any atom is -0.494 e. The van der Waals surface area contributed by atoms with Crippen LogP contribution in [0.5, 0.6) is 0 Å². The van der Waals surface area contributed by atoms with Crippen LogP contribution in [0.3, 0.4) is 0 Å². The van der Waals surface area contributed by atoms with Crippen LogP contribution in [-0.2, 0) is 18.9 Å². The van der Waals surface area contributed by atoms with E-state index in [1.54, 1.807) is 14.0 Å². The molecule has 0 saturated carbocycles. The third kappa shape index (κ3) is 3.37. The molecule has 0 N–H and O–H groups in total. The van der Waals surface area contributed by atoms with Crippen LogP contribution < -0.4 is 5.46 Å². The number of aryl methyl sites for hydroxylation is 1. The fourth-order valence-electron chi connectivity index (χ4n) is 1.80. The average Bonchev–Trinajstić information content (AvgIpc) is 2.30. The van der Waals surface area contributed by atoms with Gasteiger partial charge in [0.1, 0.15) is 5.82 Å². The van der Waals surface area contributed by atoms with E-state index in [0.29, 0.717) is 10.0 Å². The molecule has 5 nitrogen and oxygen atoms in total. The highest BCUT2D eigenvalue weighted by atomic mass is 79.9. The molecule has 0 aromatic heterocycles. The van der Waals surface area contributed by atoms with Crippen molar-refractivity contribution in [3.8, 4) is 0 Å². The predicted molar refractivity (Wildman–Crippen MR) is 73.9 cm³/mol. The van der Waals surface area contributed by atoms with Gasteiger partial charge in [-0.3, -0.25) is 14.5 Å². The quantitative estimate of drug-likeness (QED) is 0.700. The molecule has 1 heterocycles. The highest BCUT2D eigenvalue weighted by molar-refractivity contribution is 9.10. The van der Waals surface area contributed by atoms with Crippen molar-refractivity contribution in [1.29, 1.82) is 0 Å². The fourth-order valence-corrected chi connectivity index (χ4v) is 2.16. The first kappa shape index (κ1) is 15.0. The lowest BCUT2D eigenvalue weighted by Gasteiger charge is -2.23. The Morgan fingerprint density at radius 3 is 2.35 bits per heavy atom. The van der Waals surface area contributed by atoms with Crippen LogP contribution in [0.2, 0.25) is 0 Å². The SMILES string of the molecule is Cc1cc(F)c(B2OC(=O)CN(C)CC(=O)O2)cc1Br. The molecule has 0 aliphatic carbocycles. The summed E-state index contributed by atoms with van der Waals surface area (Å²) < 4.78 is 24.6. The minimum absolute atomic E-state index is 0.00808. The number of hydrogen-bond donors (Lipinski definition) is 0. The summed E-state index contributed by atoms with van der Waals surface area (Å²) in [7, 11) is 0.229. The van der Waals surface area contributed by atoms with E-state index in [1.165, 1.54) is 17.0 Å². The second-order valence-electron chi connectivity index (χ2n) is 4.61. The van der Waals surface area contributed by atoms with Gasteiger partial charge in [-0.15, -0.1) is 0 Å². The molecule has 0 spiro atoms.